The van der Waals surface area contributed by atoms with Crippen molar-refractivity contribution >= 4 is 0 Å². The second kappa shape index (κ2) is 7.29. The van der Waals surface area contributed by atoms with Gasteiger partial charge >= 0.3 is 0 Å². The van der Waals surface area contributed by atoms with Crippen molar-refractivity contribution in [2.45, 2.75) is 52.9 Å². The fourth-order valence-corrected chi connectivity index (χ4v) is 2.22. The summed E-state index contributed by atoms with van der Waals surface area (Å²) in [5.41, 5.74) is 0.494. The first-order chi connectivity index (χ1) is 7.70. The van der Waals surface area contributed by atoms with Crippen molar-refractivity contribution in [3.8, 4) is 0 Å². The molecule has 2 heteroatoms. The van der Waals surface area contributed by atoms with Crippen molar-refractivity contribution < 1.29 is 4.74 Å². The first kappa shape index (κ1) is 14.0. The second-order valence-electron chi connectivity index (χ2n) is 5.43. The van der Waals surface area contributed by atoms with Crippen LogP contribution >= 0.6 is 0 Å². The van der Waals surface area contributed by atoms with Crippen LogP contribution in [0.3, 0.4) is 0 Å². The largest absolute Gasteiger partial charge is 0.380 e. The summed E-state index contributed by atoms with van der Waals surface area (Å²) in [5, 5.41) is 0. The SMILES string of the molecule is CCC(C)(CC)CCOCCN1CCCC1. The van der Waals surface area contributed by atoms with E-state index in [-0.39, 0.29) is 0 Å². The Kier molecular flexibility index (Phi) is 6.37. The lowest BCUT2D eigenvalue weighted by molar-refractivity contribution is 0.0809. The van der Waals surface area contributed by atoms with Gasteiger partial charge in [-0.25, -0.2) is 0 Å². The van der Waals surface area contributed by atoms with Gasteiger partial charge in [-0.15, -0.1) is 0 Å². The topological polar surface area (TPSA) is 12.5 Å². The van der Waals surface area contributed by atoms with Crippen LogP contribution in [0.4, 0.5) is 0 Å². The number of rotatable bonds is 8. The lowest BCUT2D eigenvalue weighted by atomic mass is 9.82. The summed E-state index contributed by atoms with van der Waals surface area (Å²) in [5.74, 6) is 0. The first-order valence-electron chi connectivity index (χ1n) is 7.00. The minimum absolute atomic E-state index is 0.494. The van der Waals surface area contributed by atoms with Gasteiger partial charge in [0.25, 0.3) is 0 Å². The maximum Gasteiger partial charge on any atom is 0.0593 e. The Hall–Kier alpha value is -0.0800. The lowest BCUT2D eigenvalue weighted by Gasteiger charge is -2.26. The summed E-state index contributed by atoms with van der Waals surface area (Å²) >= 11 is 0. The van der Waals surface area contributed by atoms with Gasteiger partial charge in [-0.05, 0) is 37.8 Å². The van der Waals surface area contributed by atoms with E-state index in [9.17, 15) is 0 Å². The van der Waals surface area contributed by atoms with Gasteiger partial charge in [0.1, 0.15) is 0 Å². The second-order valence-corrected chi connectivity index (χ2v) is 5.43. The van der Waals surface area contributed by atoms with Crippen molar-refractivity contribution in [1.29, 1.82) is 0 Å². The Balaban J connectivity index is 1.98. The summed E-state index contributed by atoms with van der Waals surface area (Å²) in [6.07, 6.45) is 6.49. The highest BCUT2D eigenvalue weighted by atomic mass is 16.5. The third kappa shape index (κ3) is 4.84. The van der Waals surface area contributed by atoms with Crippen LogP contribution < -0.4 is 0 Å². The van der Waals surface area contributed by atoms with Gasteiger partial charge < -0.3 is 9.64 Å². The molecule has 0 aromatic rings. The molecule has 96 valence electrons. The molecule has 0 aromatic carbocycles. The van der Waals surface area contributed by atoms with Crippen molar-refractivity contribution in [3.05, 3.63) is 0 Å². The Labute approximate surface area is 101 Å². The molecule has 0 spiro atoms. The first-order valence-corrected chi connectivity index (χ1v) is 7.00. The molecule has 0 atom stereocenters. The van der Waals surface area contributed by atoms with Gasteiger partial charge in [0.2, 0.25) is 0 Å². The zero-order valence-electron chi connectivity index (χ0n) is 11.4. The fourth-order valence-electron chi connectivity index (χ4n) is 2.22. The summed E-state index contributed by atoms with van der Waals surface area (Å²) in [6, 6.07) is 0. The van der Waals surface area contributed by atoms with Gasteiger partial charge in [-0.1, -0.05) is 33.6 Å². The van der Waals surface area contributed by atoms with E-state index < -0.39 is 0 Å². The van der Waals surface area contributed by atoms with E-state index in [4.69, 9.17) is 4.74 Å². The van der Waals surface area contributed by atoms with Crippen molar-refractivity contribution in [3.63, 3.8) is 0 Å². The summed E-state index contributed by atoms with van der Waals surface area (Å²) in [4.78, 5) is 2.51. The molecule has 1 saturated heterocycles. The standard InChI is InChI=1S/C14H29NO/c1-4-14(3,5-2)8-12-16-13-11-15-9-6-7-10-15/h4-13H2,1-3H3. The van der Waals surface area contributed by atoms with E-state index in [1.807, 2.05) is 0 Å². The van der Waals surface area contributed by atoms with Gasteiger partial charge in [0, 0.05) is 13.2 Å². The number of hydrogen-bond acceptors (Lipinski definition) is 2. The van der Waals surface area contributed by atoms with Crippen LogP contribution in [0.2, 0.25) is 0 Å². The average molecular weight is 227 g/mol. The Bertz CT molecular complexity index is 172. The molecule has 1 aliphatic heterocycles. The third-order valence-electron chi connectivity index (χ3n) is 4.31. The maximum atomic E-state index is 5.75. The number of ether oxygens (including phenoxy) is 1. The molecule has 0 aliphatic carbocycles. The minimum atomic E-state index is 0.494. The molecule has 0 aromatic heterocycles. The summed E-state index contributed by atoms with van der Waals surface area (Å²) < 4.78 is 5.75. The van der Waals surface area contributed by atoms with Crippen LogP contribution in [0, 0.1) is 5.41 Å². The van der Waals surface area contributed by atoms with Gasteiger partial charge in [0.15, 0.2) is 0 Å². The lowest BCUT2D eigenvalue weighted by Crippen LogP contribution is -2.25. The van der Waals surface area contributed by atoms with Gasteiger partial charge in [-0.2, -0.15) is 0 Å². The Morgan fingerprint density at radius 1 is 1.06 bits per heavy atom. The normalized spacial score (nSPS) is 18.2. The van der Waals surface area contributed by atoms with Crippen molar-refractivity contribution in [1.82, 2.24) is 4.90 Å². The zero-order chi connectivity index (χ0) is 11.9. The summed E-state index contributed by atoms with van der Waals surface area (Å²) in [6.45, 7) is 12.5. The van der Waals surface area contributed by atoms with E-state index in [1.165, 1.54) is 45.2 Å². The van der Waals surface area contributed by atoms with E-state index in [2.05, 4.69) is 25.7 Å². The van der Waals surface area contributed by atoms with Crippen molar-refractivity contribution in [2.24, 2.45) is 5.41 Å². The third-order valence-corrected chi connectivity index (χ3v) is 4.31. The molecule has 0 unspecified atom stereocenters. The number of likely N-dealkylation sites (tertiary alicyclic amines) is 1. The number of hydrogen-bond donors (Lipinski definition) is 0. The van der Waals surface area contributed by atoms with E-state index >= 15 is 0 Å². The Morgan fingerprint density at radius 3 is 2.25 bits per heavy atom. The van der Waals surface area contributed by atoms with Crippen LogP contribution in [0.25, 0.3) is 0 Å². The molecule has 1 rings (SSSR count). The molecule has 0 bridgehead atoms. The molecule has 0 saturated carbocycles. The molecular formula is C14H29NO. The smallest absolute Gasteiger partial charge is 0.0593 e. The highest BCUT2D eigenvalue weighted by Gasteiger charge is 2.19. The summed E-state index contributed by atoms with van der Waals surface area (Å²) in [7, 11) is 0. The molecule has 0 amide bonds. The predicted molar refractivity (Wildman–Crippen MR) is 69.8 cm³/mol. The molecule has 1 aliphatic rings. The molecule has 2 nitrogen and oxygen atoms in total. The zero-order valence-corrected chi connectivity index (χ0v) is 11.4. The average Bonchev–Trinajstić information content (AvgIpc) is 2.81. The fraction of sp³-hybridized carbons (Fsp3) is 1.00. The molecule has 1 fully saturated rings. The van der Waals surface area contributed by atoms with Crippen LogP contribution in [0.5, 0.6) is 0 Å². The van der Waals surface area contributed by atoms with Crippen molar-refractivity contribution in [2.75, 3.05) is 32.8 Å². The van der Waals surface area contributed by atoms with Crippen LogP contribution in [-0.4, -0.2) is 37.7 Å². The minimum Gasteiger partial charge on any atom is -0.380 e. The van der Waals surface area contributed by atoms with E-state index in [0.717, 1.165) is 19.8 Å². The monoisotopic (exact) mass is 227 g/mol. The highest BCUT2D eigenvalue weighted by Crippen LogP contribution is 2.29. The molecule has 0 N–H and O–H groups in total. The van der Waals surface area contributed by atoms with Crippen LogP contribution in [0.1, 0.15) is 52.9 Å². The van der Waals surface area contributed by atoms with E-state index in [1.54, 1.807) is 0 Å². The molecular weight excluding hydrogens is 198 g/mol. The highest BCUT2D eigenvalue weighted by molar-refractivity contribution is 4.70. The Morgan fingerprint density at radius 2 is 1.69 bits per heavy atom. The molecule has 0 radical (unpaired) electrons. The van der Waals surface area contributed by atoms with Crippen LogP contribution in [0.15, 0.2) is 0 Å². The van der Waals surface area contributed by atoms with Gasteiger partial charge in [-0.3, -0.25) is 0 Å². The maximum absolute atomic E-state index is 5.75. The molecule has 1 heterocycles. The number of nitrogens with zero attached hydrogens (tertiary/aromatic N) is 1. The molecule has 16 heavy (non-hydrogen) atoms. The van der Waals surface area contributed by atoms with Gasteiger partial charge in [0.05, 0.1) is 6.61 Å². The van der Waals surface area contributed by atoms with Crippen LogP contribution in [-0.2, 0) is 4.74 Å². The van der Waals surface area contributed by atoms with E-state index in [0.29, 0.717) is 5.41 Å². The quantitative estimate of drug-likeness (QED) is 0.590. The predicted octanol–water partition coefficient (Wildman–Crippen LogP) is 3.32.